The Labute approximate surface area is 105 Å². The molecule has 90 valence electrons. The van der Waals surface area contributed by atoms with Gasteiger partial charge in [-0.05, 0) is 46.0 Å². The summed E-state index contributed by atoms with van der Waals surface area (Å²) < 4.78 is 13.5. The minimum Gasteiger partial charge on any atom is -0.389 e. The Morgan fingerprint density at radius 1 is 1.44 bits per heavy atom. The molecule has 0 aliphatic rings. The van der Waals surface area contributed by atoms with Crippen molar-refractivity contribution in [1.29, 1.82) is 0 Å². The Hall–Kier alpha value is -0.410. The van der Waals surface area contributed by atoms with E-state index in [1.807, 2.05) is 20.8 Å². The zero-order valence-electron chi connectivity index (χ0n) is 9.93. The summed E-state index contributed by atoms with van der Waals surface area (Å²) in [4.78, 5) is 0. The molecule has 1 rings (SSSR count). The second-order valence-electron chi connectivity index (χ2n) is 4.54. The SMILES string of the molecule is CCC(O)(Cc1ccc(F)c(Br)c1)C(C)C. The van der Waals surface area contributed by atoms with Crippen LogP contribution in [0.4, 0.5) is 4.39 Å². The molecule has 0 radical (unpaired) electrons. The van der Waals surface area contributed by atoms with Crippen LogP contribution >= 0.6 is 15.9 Å². The van der Waals surface area contributed by atoms with Crippen molar-refractivity contribution in [2.45, 2.75) is 39.2 Å². The van der Waals surface area contributed by atoms with Gasteiger partial charge >= 0.3 is 0 Å². The number of halogens is 2. The third-order valence-corrected chi connectivity index (χ3v) is 3.79. The van der Waals surface area contributed by atoms with Gasteiger partial charge in [-0.1, -0.05) is 26.8 Å². The molecule has 0 heterocycles. The standard InChI is InChI=1S/C13H18BrFO/c1-4-13(16,9(2)3)8-10-5-6-12(15)11(14)7-10/h5-7,9,16H,4,8H2,1-3H3. The largest absolute Gasteiger partial charge is 0.389 e. The van der Waals surface area contributed by atoms with E-state index in [2.05, 4.69) is 15.9 Å². The molecule has 0 fully saturated rings. The third-order valence-electron chi connectivity index (χ3n) is 3.18. The fraction of sp³-hybridized carbons (Fsp3) is 0.538. The van der Waals surface area contributed by atoms with Crippen molar-refractivity contribution in [3.8, 4) is 0 Å². The van der Waals surface area contributed by atoms with Gasteiger partial charge in [0.1, 0.15) is 5.82 Å². The molecule has 1 N–H and O–H groups in total. The van der Waals surface area contributed by atoms with Gasteiger partial charge < -0.3 is 5.11 Å². The number of benzene rings is 1. The summed E-state index contributed by atoms with van der Waals surface area (Å²) in [6.45, 7) is 5.97. The monoisotopic (exact) mass is 288 g/mol. The maximum absolute atomic E-state index is 13.1. The summed E-state index contributed by atoms with van der Waals surface area (Å²) in [5.74, 6) is -0.0883. The second kappa shape index (κ2) is 5.28. The third kappa shape index (κ3) is 3.05. The highest BCUT2D eigenvalue weighted by atomic mass is 79.9. The molecule has 1 nitrogen and oxygen atoms in total. The van der Waals surface area contributed by atoms with Crippen molar-refractivity contribution >= 4 is 15.9 Å². The van der Waals surface area contributed by atoms with Crippen LogP contribution in [0.3, 0.4) is 0 Å². The minimum atomic E-state index is -0.711. The highest BCUT2D eigenvalue weighted by Gasteiger charge is 2.29. The Morgan fingerprint density at radius 2 is 2.06 bits per heavy atom. The summed E-state index contributed by atoms with van der Waals surface area (Å²) in [7, 11) is 0. The topological polar surface area (TPSA) is 20.2 Å². The molecule has 0 aromatic heterocycles. The fourth-order valence-corrected chi connectivity index (χ4v) is 2.17. The lowest BCUT2D eigenvalue weighted by atomic mass is 9.82. The van der Waals surface area contributed by atoms with Crippen molar-refractivity contribution in [1.82, 2.24) is 0 Å². The molecule has 0 saturated carbocycles. The van der Waals surface area contributed by atoms with E-state index >= 15 is 0 Å². The van der Waals surface area contributed by atoms with Gasteiger partial charge in [-0.2, -0.15) is 0 Å². The smallest absolute Gasteiger partial charge is 0.137 e. The maximum Gasteiger partial charge on any atom is 0.137 e. The average molecular weight is 289 g/mol. The molecule has 1 aromatic carbocycles. The zero-order chi connectivity index (χ0) is 12.3. The molecule has 16 heavy (non-hydrogen) atoms. The van der Waals surface area contributed by atoms with E-state index < -0.39 is 5.60 Å². The zero-order valence-corrected chi connectivity index (χ0v) is 11.5. The number of hydrogen-bond donors (Lipinski definition) is 1. The summed E-state index contributed by atoms with van der Waals surface area (Å²) >= 11 is 3.16. The second-order valence-corrected chi connectivity index (χ2v) is 5.39. The first kappa shape index (κ1) is 13.7. The van der Waals surface area contributed by atoms with Gasteiger partial charge in [0.05, 0.1) is 10.1 Å². The fourth-order valence-electron chi connectivity index (χ4n) is 1.74. The van der Waals surface area contributed by atoms with Crippen LogP contribution in [0.5, 0.6) is 0 Å². The van der Waals surface area contributed by atoms with Crippen LogP contribution in [0.15, 0.2) is 22.7 Å². The summed E-state index contributed by atoms with van der Waals surface area (Å²) in [5, 5.41) is 10.4. The molecule has 0 aliphatic carbocycles. The molecule has 1 unspecified atom stereocenters. The highest BCUT2D eigenvalue weighted by Crippen LogP contribution is 2.27. The van der Waals surface area contributed by atoms with Crippen LogP contribution in [0.25, 0.3) is 0 Å². The van der Waals surface area contributed by atoms with Crippen molar-refractivity contribution in [2.24, 2.45) is 5.92 Å². The van der Waals surface area contributed by atoms with Crippen LogP contribution in [0.2, 0.25) is 0 Å². The molecule has 0 spiro atoms. The molecule has 1 aromatic rings. The van der Waals surface area contributed by atoms with E-state index in [-0.39, 0.29) is 11.7 Å². The molecule has 0 saturated heterocycles. The molecule has 1 atom stereocenters. The van der Waals surface area contributed by atoms with Gasteiger partial charge in [-0.25, -0.2) is 4.39 Å². The van der Waals surface area contributed by atoms with Gasteiger partial charge in [-0.3, -0.25) is 0 Å². The van der Waals surface area contributed by atoms with Crippen LogP contribution < -0.4 is 0 Å². The predicted molar refractivity (Wildman–Crippen MR) is 67.9 cm³/mol. The van der Waals surface area contributed by atoms with Crippen molar-refractivity contribution < 1.29 is 9.50 Å². The summed E-state index contributed by atoms with van der Waals surface area (Å²) in [6, 6.07) is 4.89. The molecule has 3 heteroatoms. The Morgan fingerprint density at radius 3 is 2.50 bits per heavy atom. The Kier molecular flexibility index (Phi) is 4.51. The molecule has 0 aliphatic heterocycles. The van der Waals surface area contributed by atoms with E-state index in [9.17, 15) is 9.50 Å². The molecule has 0 bridgehead atoms. The maximum atomic E-state index is 13.1. The van der Waals surface area contributed by atoms with E-state index in [0.29, 0.717) is 17.3 Å². The number of aliphatic hydroxyl groups is 1. The van der Waals surface area contributed by atoms with Gasteiger partial charge in [0, 0.05) is 6.42 Å². The first-order valence-corrected chi connectivity index (χ1v) is 6.34. The summed E-state index contributed by atoms with van der Waals surface area (Å²) in [6.07, 6.45) is 1.25. The first-order chi connectivity index (χ1) is 7.39. The molecule has 0 amide bonds. The van der Waals surface area contributed by atoms with Crippen molar-refractivity contribution in [3.05, 3.63) is 34.1 Å². The van der Waals surface area contributed by atoms with Crippen LogP contribution in [-0.4, -0.2) is 10.7 Å². The Balaban J connectivity index is 2.90. The molecular weight excluding hydrogens is 271 g/mol. The highest BCUT2D eigenvalue weighted by molar-refractivity contribution is 9.10. The average Bonchev–Trinajstić information content (AvgIpc) is 2.23. The first-order valence-electron chi connectivity index (χ1n) is 5.55. The Bertz CT molecular complexity index is 365. The number of rotatable bonds is 4. The lowest BCUT2D eigenvalue weighted by Gasteiger charge is -2.31. The van der Waals surface area contributed by atoms with Gasteiger partial charge in [0.25, 0.3) is 0 Å². The van der Waals surface area contributed by atoms with Crippen LogP contribution in [0.1, 0.15) is 32.8 Å². The minimum absolute atomic E-state index is 0.182. The molecular formula is C13H18BrFO. The summed E-state index contributed by atoms with van der Waals surface area (Å²) in [5.41, 5.74) is 0.239. The number of hydrogen-bond acceptors (Lipinski definition) is 1. The van der Waals surface area contributed by atoms with E-state index in [0.717, 1.165) is 5.56 Å². The predicted octanol–water partition coefficient (Wildman–Crippen LogP) is 3.93. The van der Waals surface area contributed by atoms with Crippen molar-refractivity contribution in [3.63, 3.8) is 0 Å². The normalized spacial score (nSPS) is 15.2. The lowest BCUT2D eigenvalue weighted by Crippen LogP contribution is -2.36. The van der Waals surface area contributed by atoms with E-state index in [1.165, 1.54) is 6.07 Å². The van der Waals surface area contributed by atoms with E-state index in [4.69, 9.17) is 0 Å². The van der Waals surface area contributed by atoms with Gasteiger partial charge in [0.2, 0.25) is 0 Å². The van der Waals surface area contributed by atoms with Crippen molar-refractivity contribution in [2.75, 3.05) is 0 Å². The van der Waals surface area contributed by atoms with E-state index in [1.54, 1.807) is 12.1 Å². The van der Waals surface area contributed by atoms with Crippen LogP contribution in [0, 0.1) is 11.7 Å². The quantitative estimate of drug-likeness (QED) is 0.890. The van der Waals surface area contributed by atoms with Gasteiger partial charge in [0.15, 0.2) is 0 Å². The van der Waals surface area contributed by atoms with Crippen LogP contribution in [-0.2, 0) is 6.42 Å². The van der Waals surface area contributed by atoms with Gasteiger partial charge in [-0.15, -0.1) is 0 Å². The lowest BCUT2D eigenvalue weighted by molar-refractivity contribution is -0.00831.